The summed E-state index contributed by atoms with van der Waals surface area (Å²) >= 11 is 6.33. The van der Waals surface area contributed by atoms with Crippen molar-refractivity contribution in [2.24, 2.45) is 11.8 Å². The number of pyridine rings is 1. The fraction of sp³-hybridized carbons (Fsp3) is 0.379. The molecule has 0 saturated heterocycles. The van der Waals surface area contributed by atoms with Gasteiger partial charge in [0.05, 0.1) is 11.6 Å². The maximum atomic E-state index is 14.3. The van der Waals surface area contributed by atoms with Crippen LogP contribution in [0.1, 0.15) is 57.0 Å². The normalized spacial score (nSPS) is 18.1. The number of fused-ring (bicyclic) bond motifs is 1. The van der Waals surface area contributed by atoms with Crippen LogP contribution in [0.3, 0.4) is 0 Å². The molecule has 41 heavy (non-hydrogen) atoms. The lowest BCUT2D eigenvalue weighted by Crippen LogP contribution is -2.20. The van der Waals surface area contributed by atoms with Gasteiger partial charge in [-0.2, -0.15) is 0 Å². The Morgan fingerprint density at radius 3 is 2.71 bits per heavy atom. The molecule has 1 fully saturated rings. The standard InChI is InChI=1S/C29H29ClFN7O3/c1-16-7-9-18(10-8-16)14-38-24-23(20-11-21(30)13-32-12-20)33-26(27-36-29(39)41-37-27)34-25(24)35-28(38)17(2)40-15-19-5-3-4-6-22(19)31/h3-6,11-13,16-18H,7-10,14-15H2,1-2H3,(H,36,37,39). The van der Waals surface area contributed by atoms with Crippen molar-refractivity contribution in [3.63, 3.8) is 0 Å². The quantitative estimate of drug-likeness (QED) is 0.233. The van der Waals surface area contributed by atoms with Gasteiger partial charge in [0, 0.05) is 30.1 Å². The first-order valence-electron chi connectivity index (χ1n) is 13.7. The van der Waals surface area contributed by atoms with Crippen LogP contribution in [0.4, 0.5) is 4.39 Å². The van der Waals surface area contributed by atoms with Crippen molar-refractivity contribution in [2.75, 3.05) is 0 Å². The van der Waals surface area contributed by atoms with E-state index in [0.717, 1.165) is 25.7 Å². The molecular formula is C29H29ClFN7O3. The van der Waals surface area contributed by atoms with Gasteiger partial charge in [-0.05, 0) is 43.7 Å². The zero-order valence-corrected chi connectivity index (χ0v) is 23.4. The number of aromatic amines is 1. The summed E-state index contributed by atoms with van der Waals surface area (Å²) in [5.74, 6) is 0.955. The van der Waals surface area contributed by atoms with Crippen LogP contribution < -0.4 is 5.76 Å². The highest BCUT2D eigenvalue weighted by Gasteiger charge is 2.27. The molecule has 0 aliphatic heterocycles. The first-order valence-corrected chi connectivity index (χ1v) is 14.0. The first-order chi connectivity index (χ1) is 19.9. The number of H-pyrrole nitrogens is 1. The molecule has 1 unspecified atom stereocenters. The highest BCUT2D eigenvalue weighted by molar-refractivity contribution is 6.30. The highest BCUT2D eigenvalue weighted by Crippen LogP contribution is 2.36. The molecular weight excluding hydrogens is 549 g/mol. The summed E-state index contributed by atoms with van der Waals surface area (Å²) in [6.07, 6.45) is 7.24. The van der Waals surface area contributed by atoms with Crippen molar-refractivity contribution in [1.82, 2.24) is 34.6 Å². The van der Waals surface area contributed by atoms with Crippen LogP contribution in [0.2, 0.25) is 5.02 Å². The summed E-state index contributed by atoms with van der Waals surface area (Å²) in [5.41, 5.74) is 2.74. The Labute approximate surface area is 240 Å². The van der Waals surface area contributed by atoms with E-state index in [1.54, 1.807) is 36.7 Å². The van der Waals surface area contributed by atoms with Crippen LogP contribution in [0.5, 0.6) is 0 Å². The molecule has 1 atom stereocenters. The van der Waals surface area contributed by atoms with Gasteiger partial charge in [0.15, 0.2) is 5.65 Å². The Morgan fingerprint density at radius 2 is 1.98 bits per heavy atom. The molecule has 0 bridgehead atoms. The second-order valence-corrected chi connectivity index (χ2v) is 11.1. The van der Waals surface area contributed by atoms with Gasteiger partial charge in [0.25, 0.3) is 0 Å². The van der Waals surface area contributed by atoms with Crippen LogP contribution in [0, 0.1) is 17.7 Å². The van der Waals surface area contributed by atoms with Gasteiger partial charge in [-0.25, -0.2) is 24.1 Å². The number of halogens is 2. The largest absolute Gasteiger partial charge is 0.439 e. The summed E-state index contributed by atoms with van der Waals surface area (Å²) < 4.78 is 27.3. The zero-order valence-electron chi connectivity index (χ0n) is 22.7. The fourth-order valence-electron chi connectivity index (χ4n) is 5.40. The van der Waals surface area contributed by atoms with E-state index in [1.165, 1.54) is 6.07 Å². The fourth-order valence-corrected chi connectivity index (χ4v) is 5.57. The third-order valence-corrected chi connectivity index (χ3v) is 7.86. The molecule has 6 rings (SSSR count). The summed E-state index contributed by atoms with van der Waals surface area (Å²) in [6, 6.07) is 8.32. The molecule has 1 N–H and O–H groups in total. The molecule has 1 aliphatic carbocycles. The maximum Gasteiger partial charge on any atom is 0.439 e. The molecule has 4 heterocycles. The molecule has 212 valence electrons. The number of benzene rings is 1. The van der Waals surface area contributed by atoms with Gasteiger partial charge in [0.1, 0.15) is 29.0 Å². The molecule has 12 heteroatoms. The summed E-state index contributed by atoms with van der Waals surface area (Å²) in [7, 11) is 0. The van der Waals surface area contributed by atoms with Crippen molar-refractivity contribution in [1.29, 1.82) is 0 Å². The Hall–Kier alpha value is -3.96. The number of aromatic nitrogens is 7. The Bertz CT molecular complexity index is 1740. The van der Waals surface area contributed by atoms with Gasteiger partial charge in [-0.3, -0.25) is 14.5 Å². The number of ether oxygens (including phenoxy) is 1. The van der Waals surface area contributed by atoms with Crippen molar-refractivity contribution in [2.45, 2.75) is 58.8 Å². The lowest BCUT2D eigenvalue weighted by atomic mass is 9.83. The second-order valence-electron chi connectivity index (χ2n) is 10.7. The van der Waals surface area contributed by atoms with Crippen LogP contribution in [0.15, 0.2) is 52.0 Å². The third kappa shape index (κ3) is 5.77. The molecule has 4 aromatic heterocycles. The second kappa shape index (κ2) is 11.5. The van der Waals surface area contributed by atoms with Gasteiger partial charge in [0.2, 0.25) is 11.6 Å². The van der Waals surface area contributed by atoms with E-state index in [2.05, 4.69) is 31.6 Å². The predicted octanol–water partition coefficient (Wildman–Crippen LogP) is 6.13. The SMILES string of the molecule is CC1CCC(Cn2c(C(C)OCc3ccccc3F)nc3nc(-c4noc(=O)[nH]4)nc(-c4cncc(Cl)c4)c32)CC1. The van der Waals surface area contributed by atoms with Crippen molar-refractivity contribution >= 4 is 22.8 Å². The van der Waals surface area contributed by atoms with E-state index in [1.807, 2.05) is 6.92 Å². The molecule has 1 saturated carbocycles. The average molecular weight is 578 g/mol. The van der Waals surface area contributed by atoms with Crippen LogP contribution in [-0.2, 0) is 17.9 Å². The molecule has 0 radical (unpaired) electrons. The Balaban J connectivity index is 1.49. The molecule has 10 nitrogen and oxygen atoms in total. The van der Waals surface area contributed by atoms with Gasteiger partial charge < -0.3 is 9.30 Å². The molecule has 1 aromatic carbocycles. The molecule has 0 amide bonds. The Kier molecular flexibility index (Phi) is 7.63. The number of hydrogen-bond donors (Lipinski definition) is 1. The maximum absolute atomic E-state index is 14.3. The molecule has 1 aliphatic rings. The van der Waals surface area contributed by atoms with E-state index in [4.69, 9.17) is 30.8 Å². The number of hydrogen-bond acceptors (Lipinski definition) is 8. The van der Waals surface area contributed by atoms with Crippen molar-refractivity contribution in [3.05, 3.63) is 75.5 Å². The number of nitrogens with zero attached hydrogens (tertiary/aromatic N) is 6. The first kappa shape index (κ1) is 27.2. The third-order valence-electron chi connectivity index (χ3n) is 7.65. The van der Waals surface area contributed by atoms with Crippen LogP contribution in [-0.4, -0.2) is 34.6 Å². The minimum atomic E-state index is -0.720. The molecule has 5 aromatic rings. The van der Waals surface area contributed by atoms with Crippen LogP contribution in [0.25, 0.3) is 34.1 Å². The van der Waals surface area contributed by atoms with E-state index in [-0.39, 0.29) is 24.1 Å². The number of imidazole rings is 1. The zero-order chi connectivity index (χ0) is 28.5. The van der Waals surface area contributed by atoms with E-state index >= 15 is 0 Å². The van der Waals surface area contributed by atoms with Crippen LogP contribution >= 0.6 is 11.6 Å². The van der Waals surface area contributed by atoms with Gasteiger partial charge in [-0.1, -0.05) is 54.7 Å². The average Bonchev–Trinajstić information content (AvgIpc) is 3.57. The summed E-state index contributed by atoms with van der Waals surface area (Å²) in [6.45, 7) is 4.96. The minimum absolute atomic E-state index is 0.0781. The topological polar surface area (TPSA) is 125 Å². The lowest BCUT2D eigenvalue weighted by molar-refractivity contribution is 0.0423. The predicted molar refractivity (Wildman–Crippen MR) is 150 cm³/mol. The van der Waals surface area contributed by atoms with Gasteiger partial charge in [-0.15, -0.1) is 0 Å². The monoisotopic (exact) mass is 577 g/mol. The van der Waals surface area contributed by atoms with Gasteiger partial charge >= 0.3 is 5.76 Å². The van der Waals surface area contributed by atoms with E-state index < -0.39 is 11.9 Å². The van der Waals surface area contributed by atoms with E-state index in [0.29, 0.717) is 57.2 Å². The van der Waals surface area contributed by atoms with Crippen molar-refractivity contribution < 1.29 is 13.7 Å². The lowest BCUT2D eigenvalue weighted by Gasteiger charge is -2.28. The number of rotatable bonds is 8. The van der Waals surface area contributed by atoms with Crippen molar-refractivity contribution in [3.8, 4) is 22.9 Å². The smallest absolute Gasteiger partial charge is 0.366 e. The molecule has 0 spiro atoms. The van der Waals surface area contributed by atoms with E-state index in [9.17, 15) is 9.18 Å². The summed E-state index contributed by atoms with van der Waals surface area (Å²) in [5, 5.41) is 4.22. The minimum Gasteiger partial charge on any atom is -0.366 e. The Morgan fingerprint density at radius 1 is 1.17 bits per heavy atom. The summed E-state index contributed by atoms with van der Waals surface area (Å²) in [4.78, 5) is 32.8. The highest BCUT2D eigenvalue weighted by atomic mass is 35.5. The number of nitrogens with one attached hydrogen (secondary N) is 1.